The van der Waals surface area contributed by atoms with Crippen molar-refractivity contribution in [1.29, 1.82) is 0 Å². The maximum atomic E-state index is 8.98. The third-order valence-electron chi connectivity index (χ3n) is 2.58. The van der Waals surface area contributed by atoms with E-state index in [2.05, 4.69) is 33.8 Å². The fourth-order valence-corrected chi connectivity index (χ4v) is 2.36. The van der Waals surface area contributed by atoms with E-state index in [0.29, 0.717) is 17.6 Å². The van der Waals surface area contributed by atoms with Gasteiger partial charge < -0.3 is 14.3 Å². The highest BCUT2D eigenvalue weighted by molar-refractivity contribution is 7.39. The minimum atomic E-state index is -2.34. The molecule has 4 heteroatoms. The molecule has 0 fully saturated rings. The SMILES string of the molecule is CC(C)Cc1ccc(OP(O)O)c(CC(C)C)c1. The Labute approximate surface area is 111 Å². The van der Waals surface area contributed by atoms with Crippen LogP contribution in [0.1, 0.15) is 38.8 Å². The first-order valence-corrected chi connectivity index (χ1v) is 7.52. The van der Waals surface area contributed by atoms with Crippen molar-refractivity contribution in [3.05, 3.63) is 29.3 Å². The highest BCUT2D eigenvalue weighted by atomic mass is 31.2. The Hall–Kier alpha value is -0.630. The molecular weight excluding hydrogens is 247 g/mol. The molecule has 1 rings (SSSR count). The average Bonchev–Trinajstić information content (AvgIpc) is 2.19. The summed E-state index contributed by atoms with van der Waals surface area (Å²) in [5, 5.41) is 0. The Balaban J connectivity index is 2.96. The molecule has 1 aromatic carbocycles. The Morgan fingerprint density at radius 2 is 1.67 bits per heavy atom. The molecule has 0 radical (unpaired) electrons. The van der Waals surface area contributed by atoms with Crippen molar-refractivity contribution in [1.82, 2.24) is 0 Å². The molecule has 1 aromatic rings. The summed E-state index contributed by atoms with van der Waals surface area (Å²) in [4.78, 5) is 18.0. The van der Waals surface area contributed by atoms with Crippen molar-refractivity contribution in [2.75, 3.05) is 0 Å². The lowest BCUT2D eigenvalue weighted by molar-refractivity contribution is 0.372. The Morgan fingerprint density at radius 3 is 2.17 bits per heavy atom. The van der Waals surface area contributed by atoms with E-state index in [1.165, 1.54) is 5.56 Å². The van der Waals surface area contributed by atoms with Crippen LogP contribution in [0.2, 0.25) is 0 Å². The van der Waals surface area contributed by atoms with E-state index >= 15 is 0 Å². The summed E-state index contributed by atoms with van der Waals surface area (Å²) in [5.74, 6) is 1.70. The van der Waals surface area contributed by atoms with E-state index in [4.69, 9.17) is 14.3 Å². The zero-order valence-corrected chi connectivity index (χ0v) is 12.4. The standard InChI is InChI=1S/C14H23O3P/c1-10(2)7-12-5-6-14(17-18(15)16)13(9-12)8-11(3)4/h5-6,9-11,15-16H,7-8H2,1-4H3. The molecular formula is C14H23O3P. The van der Waals surface area contributed by atoms with Crippen LogP contribution in [-0.4, -0.2) is 9.79 Å². The molecule has 2 N–H and O–H groups in total. The second-order valence-corrected chi connectivity index (χ2v) is 6.17. The predicted octanol–water partition coefficient (Wildman–Crippen LogP) is 3.67. The van der Waals surface area contributed by atoms with Crippen LogP contribution in [0.4, 0.5) is 0 Å². The molecule has 0 aliphatic carbocycles. The van der Waals surface area contributed by atoms with E-state index in [1.54, 1.807) is 0 Å². The van der Waals surface area contributed by atoms with Gasteiger partial charge >= 0.3 is 8.60 Å². The van der Waals surface area contributed by atoms with Gasteiger partial charge in [0, 0.05) is 0 Å². The van der Waals surface area contributed by atoms with Crippen LogP contribution in [0.5, 0.6) is 5.75 Å². The number of benzene rings is 1. The lowest BCUT2D eigenvalue weighted by atomic mass is 9.96. The van der Waals surface area contributed by atoms with Crippen LogP contribution in [0, 0.1) is 11.8 Å². The second kappa shape index (κ2) is 7.08. The lowest BCUT2D eigenvalue weighted by Gasteiger charge is -2.15. The van der Waals surface area contributed by atoms with E-state index in [-0.39, 0.29) is 0 Å². The van der Waals surface area contributed by atoms with Gasteiger partial charge in [0.15, 0.2) is 0 Å². The lowest BCUT2D eigenvalue weighted by Crippen LogP contribution is -2.01. The highest BCUT2D eigenvalue weighted by Gasteiger charge is 2.11. The van der Waals surface area contributed by atoms with Gasteiger partial charge in [0.05, 0.1) is 0 Å². The van der Waals surface area contributed by atoms with E-state index in [0.717, 1.165) is 18.4 Å². The van der Waals surface area contributed by atoms with Gasteiger partial charge in [0.1, 0.15) is 5.75 Å². The van der Waals surface area contributed by atoms with Crippen molar-refractivity contribution in [3.63, 3.8) is 0 Å². The molecule has 0 bridgehead atoms. The molecule has 0 saturated carbocycles. The van der Waals surface area contributed by atoms with Crippen LogP contribution in [0.15, 0.2) is 18.2 Å². The maximum Gasteiger partial charge on any atom is 0.391 e. The molecule has 0 amide bonds. The first-order chi connectivity index (χ1) is 8.38. The fraction of sp³-hybridized carbons (Fsp3) is 0.571. The molecule has 18 heavy (non-hydrogen) atoms. The quantitative estimate of drug-likeness (QED) is 0.775. The molecule has 0 aromatic heterocycles. The van der Waals surface area contributed by atoms with Crippen LogP contribution in [0.25, 0.3) is 0 Å². The molecule has 3 nitrogen and oxygen atoms in total. The smallest absolute Gasteiger partial charge is 0.391 e. The third-order valence-corrected chi connectivity index (χ3v) is 2.94. The number of hydrogen-bond acceptors (Lipinski definition) is 3. The van der Waals surface area contributed by atoms with Gasteiger partial charge in [-0.2, -0.15) is 0 Å². The van der Waals surface area contributed by atoms with Crippen molar-refractivity contribution >= 4 is 8.60 Å². The Bertz CT molecular complexity index is 375. The minimum Gasteiger partial charge on any atom is -0.427 e. The molecule has 102 valence electrons. The van der Waals surface area contributed by atoms with Gasteiger partial charge in [-0.3, -0.25) is 0 Å². The first-order valence-electron chi connectivity index (χ1n) is 6.36. The Morgan fingerprint density at radius 1 is 1.06 bits per heavy atom. The summed E-state index contributed by atoms with van der Waals surface area (Å²) in [6.45, 7) is 8.65. The highest BCUT2D eigenvalue weighted by Crippen LogP contribution is 2.33. The first kappa shape index (κ1) is 15.4. The van der Waals surface area contributed by atoms with E-state index < -0.39 is 8.60 Å². The van der Waals surface area contributed by atoms with E-state index in [1.807, 2.05) is 12.1 Å². The van der Waals surface area contributed by atoms with Gasteiger partial charge in [-0.05, 0) is 41.9 Å². The summed E-state index contributed by atoms with van der Waals surface area (Å²) in [5.41, 5.74) is 2.33. The monoisotopic (exact) mass is 270 g/mol. The van der Waals surface area contributed by atoms with Crippen LogP contribution in [-0.2, 0) is 12.8 Å². The topological polar surface area (TPSA) is 49.7 Å². The largest absolute Gasteiger partial charge is 0.427 e. The maximum absolute atomic E-state index is 8.98. The molecule has 0 atom stereocenters. The molecule has 0 saturated heterocycles. The van der Waals surface area contributed by atoms with Crippen molar-refractivity contribution in [2.24, 2.45) is 11.8 Å². The third kappa shape index (κ3) is 5.34. The summed E-state index contributed by atoms with van der Waals surface area (Å²) >= 11 is 0. The molecule has 0 heterocycles. The number of rotatable bonds is 6. The fourth-order valence-electron chi connectivity index (χ4n) is 2.01. The predicted molar refractivity (Wildman–Crippen MR) is 75.5 cm³/mol. The minimum absolute atomic E-state index is 0.505. The van der Waals surface area contributed by atoms with Gasteiger partial charge in [-0.15, -0.1) is 0 Å². The van der Waals surface area contributed by atoms with E-state index in [9.17, 15) is 0 Å². The van der Waals surface area contributed by atoms with Crippen molar-refractivity contribution in [3.8, 4) is 5.75 Å². The zero-order valence-electron chi connectivity index (χ0n) is 11.6. The Kier molecular flexibility index (Phi) is 6.07. The number of hydrogen-bond donors (Lipinski definition) is 2. The van der Waals surface area contributed by atoms with Crippen LogP contribution < -0.4 is 4.52 Å². The molecule has 0 aliphatic heterocycles. The zero-order chi connectivity index (χ0) is 13.7. The summed E-state index contributed by atoms with van der Waals surface area (Å²) in [6.07, 6.45) is 1.91. The molecule has 0 spiro atoms. The summed E-state index contributed by atoms with van der Waals surface area (Å²) in [6, 6.07) is 5.96. The van der Waals surface area contributed by atoms with Gasteiger partial charge in [-0.1, -0.05) is 39.8 Å². The molecule has 0 unspecified atom stereocenters. The van der Waals surface area contributed by atoms with Gasteiger partial charge in [0.25, 0.3) is 0 Å². The average molecular weight is 270 g/mol. The van der Waals surface area contributed by atoms with Crippen LogP contribution >= 0.6 is 8.60 Å². The van der Waals surface area contributed by atoms with Crippen molar-refractivity contribution in [2.45, 2.75) is 40.5 Å². The normalized spacial score (nSPS) is 11.6. The van der Waals surface area contributed by atoms with Crippen molar-refractivity contribution < 1.29 is 14.3 Å². The van der Waals surface area contributed by atoms with Crippen LogP contribution in [0.3, 0.4) is 0 Å². The van der Waals surface area contributed by atoms with Gasteiger partial charge in [-0.25, -0.2) is 0 Å². The molecule has 0 aliphatic rings. The second-order valence-electron chi connectivity index (χ2n) is 5.48. The summed E-state index contributed by atoms with van der Waals surface area (Å²) < 4.78 is 5.08. The van der Waals surface area contributed by atoms with Gasteiger partial charge in [0.2, 0.25) is 0 Å². The summed E-state index contributed by atoms with van der Waals surface area (Å²) in [7, 11) is -2.34.